The molecule has 1 aliphatic rings. The summed E-state index contributed by atoms with van der Waals surface area (Å²) in [5.41, 5.74) is -0.824. The lowest BCUT2D eigenvalue weighted by Gasteiger charge is -2.27. The first-order valence-electron chi connectivity index (χ1n) is 8.91. The van der Waals surface area contributed by atoms with Crippen molar-refractivity contribution in [3.63, 3.8) is 0 Å². The monoisotopic (exact) mass is 417 g/mol. The average Bonchev–Trinajstić information content (AvgIpc) is 3.08. The molecule has 0 N–H and O–H groups in total. The molecule has 160 valence electrons. The second kappa shape index (κ2) is 8.71. The van der Waals surface area contributed by atoms with E-state index in [0.717, 1.165) is 0 Å². The molecule has 0 unspecified atom stereocenters. The molecule has 1 aromatic carbocycles. The van der Waals surface area contributed by atoms with Gasteiger partial charge in [0.1, 0.15) is 17.4 Å². The molecule has 1 aromatic rings. The lowest BCUT2D eigenvalue weighted by Crippen LogP contribution is -2.44. The number of nitrogens with zero attached hydrogens (tertiary/aromatic N) is 1. The molecule has 0 aromatic heterocycles. The first-order chi connectivity index (χ1) is 13.4. The Bertz CT molecular complexity index is 755. The van der Waals surface area contributed by atoms with Crippen LogP contribution in [0.15, 0.2) is 24.3 Å². The molecule has 1 saturated heterocycles. The van der Waals surface area contributed by atoms with Gasteiger partial charge in [0.05, 0.1) is 5.56 Å². The van der Waals surface area contributed by atoms with E-state index in [1.807, 2.05) is 0 Å². The number of halogens is 3. The van der Waals surface area contributed by atoms with E-state index in [1.54, 1.807) is 20.8 Å². The zero-order valence-electron chi connectivity index (χ0n) is 16.2. The van der Waals surface area contributed by atoms with Crippen LogP contribution in [-0.4, -0.2) is 53.9 Å². The van der Waals surface area contributed by atoms with Crippen molar-refractivity contribution in [2.45, 2.75) is 51.4 Å². The van der Waals surface area contributed by atoms with E-state index in [-0.39, 0.29) is 11.3 Å². The maximum absolute atomic E-state index is 12.4. The standard InChI is InChI=1S/C19H22F3NO6/c1-18(2,3)29-17(26)23-10-4-5-14(23)16(25)28-13-8-6-12(7-9-13)15(24)27-11-19(20,21)22/h6-9,14H,4-5,10-11H2,1-3H3/t14-/m0/s1. The number of alkyl halides is 3. The van der Waals surface area contributed by atoms with Crippen molar-refractivity contribution in [1.29, 1.82) is 0 Å². The number of carbonyl (C=O) groups is 3. The van der Waals surface area contributed by atoms with Crippen LogP contribution in [0.25, 0.3) is 0 Å². The molecule has 1 aliphatic heterocycles. The van der Waals surface area contributed by atoms with Crippen LogP contribution in [-0.2, 0) is 14.3 Å². The fraction of sp³-hybridized carbons (Fsp3) is 0.526. The molecular formula is C19H22F3NO6. The number of ether oxygens (including phenoxy) is 3. The Labute approximate surface area is 165 Å². The fourth-order valence-corrected chi connectivity index (χ4v) is 2.62. The number of hydrogen-bond acceptors (Lipinski definition) is 6. The second-order valence-corrected chi connectivity index (χ2v) is 7.47. The van der Waals surface area contributed by atoms with Crippen molar-refractivity contribution >= 4 is 18.0 Å². The average molecular weight is 417 g/mol. The molecule has 0 aliphatic carbocycles. The summed E-state index contributed by atoms with van der Waals surface area (Å²) in [6.07, 6.45) is -4.20. The predicted molar refractivity (Wildman–Crippen MR) is 94.4 cm³/mol. The van der Waals surface area contributed by atoms with E-state index in [1.165, 1.54) is 29.2 Å². The van der Waals surface area contributed by atoms with E-state index in [2.05, 4.69) is 4.74 Å². The fourth-order valence-electron chi connectivity index (χ4n) is 2.62. The van der Waals surface area contributed by atoms with Gasteiger partial charge < -0.3 is 14.2 Å². The van der Waals surface area contributed by atoms with Gasteiger partial charge in [-0.15, -0.1) is 0 Å². The van der Waals surface area contributed by atoms with Crippen LogP contribution < -0.4 is 4.74 Å². The van der Waals surface area contributed by atoms with E-state index in [4.69, 9.17) is 9.47 Å². The van der Waals surface area contributed by atoms with Gasteiger partial charge >= 0.3 is 24.2 Å². The van der Waals surface area contributed by atoms with E-state index in [9.17, 15) is 27.6 Å². The van der Waals surface area contributed by atoms with Gasteiger partial charge in [-0.1, -0.05) is 0 Å². The maximum atomic E-state index is 12.4. The third kappa shape index (κ3) is 6.95. The number of likely N-dealkylation sites (tertiary alicyclic amines) is 1. The number of carbonyl (C=O) groups excluding carboxylic acids is 3. The Kier molecular flexibility index (Phi) is 6.76. The van der Waals surface area contributed by atoms with Crippen molar-refractivity contribution in [2.75, 3.05) is 13.2 Å². The highest BCUT2D eigenvalue weighted by Crippen LogP contribution is 2.23. The summed E-state index contributed by atoms with van der Waals surface area (Å²) in [5.74, 6) is -1.73. The van der Waals surface area contributed by atoms with Crippen LogP contribution in [0.2, 0.25) is 0 Å². The topological polar surface area (TPSA) is 82.1 Å². The maximum Gasteiger partial charge on any atom is 0.422 e. The number of hydrogen-bond donors (Lipinski definition) is 0. The highest BCUT2D eigenvalue weighted by molar-refractivity contribution is 5.89. The Morgan fingerprint density at radius 1 is 1.10 bits per heavy atom. The molecular weight excluding hydrogens is 395 g/mol. The normalized spacial score (nSPS) is 17.0. The minimum Gasteiger partial charge on any atom is -0.452 e. The summed E-state index contributed by atoms with van der Waals surface area (Å²) in [7, 11) is 0. The lowest BCUT2D eigenvalue weighted by atomic mass is 10.2. The molecule has 1 amide bonds. The molecule has 1 atom stereocenters. The van der Waals surface area contributed by atoms with Gasteiger partial charge in [-0.3, -0.25) is 4.90 Å². The van der Waals surface area contributed by atoms with Gasteiger partial charge in [0.2, 0.25) is 0 Å². The third-order valence-electron chi connectivity index (χ3n) is 3.83. The molecule has 0 bridgehead atoms. The Morgan fingerprint density at radius 2 is 1.72 bits per heavy atom. The van der Waals surface area contributed by atoms with Crippen molar-refractivity contribution in [1.82, 2.24) is 4.90 Å². The summed E-state index contributed by atoms with van der Waals surface area (Å²) in [6.45, 7) is 3.82. The van der Waals surface area contributed by atoms with Gasteiger partial charge in [-0.2, -0.15) is 13.2 Å². The van der Waals surface area contributed by atoms with Crippen LogP contribution in [0.5, 0.6) is 5.75 Å². The minimum atomic E-state index is -4.62. The van der Waals surface area contributed by atoms with Gasteiger partial charge in [0.25, 0.3) is 0 Å². The van der Waals surface area contributed by atoms with Crippen LogP contribution in [0, 0.1) is 0 Å². The second-order valence-electron chi connectivity index (χ2n) is 7.47. The first kappa shape index (κ1) is 22.5. The summed E-state index contributed by atoms with van der Waals surface area (Å²) < 4.78 is 51.0. The van der Waals surface area contributed by atoms with Crippen molar-refractivity contribution in [3.8, 4) is 5.75 Å². The number of esters is 2. The quantitative estimate of drug-likeness (QED) is 0.549. The van der Waals surface area contributed by atoms with Crippen LogP contribution in [0.1, 0.15) is 44.0 Å². The summed E-state index contributed by atoms with van der Waals surface area (Å²) in [4.78, 5) is 37.6. The Morgan fingerprint density at radius 3 is 2.28 bits per heavy atom. The highest BCUT2D eigenvalue weighted by Gasteiger charge is 2.38. The lowest BCUT2D eigenvalue weighted by molar-refractivity contribution is -0.161. The van der Waals surface area contributed by atoms with Crippen LogP contribution in [0.4, 0.5) is 18.0 Å². The molecule has 1 heterocycles. The van der Waals surface area contributed by atoms with Crippen molar-refractivity contribution in [3.05, 3.63) is 29.8 Å². The molecule has 2 rings (SSSR count). The molecule has 1 fully saturated rings. The SMILES string of the molecule is CC(C)(C)OC(=O)N1CCC[C@H]1C(=O)Oc1ccc(C(=O)OCC(F)(F)F)cc1. The van der Waals surface area contributed by atoms with Crippen molar-refractivity contribution < 1.29 is 41.8 Å². The molecule has 0 saturated carbocycles. The molecule has 0 radical (unpaired) electrons. The van der Waals surface area contributed by atoms with Gasteiger partial charge in [-0.05, 0) is 57.9 Å². The van der Waals surface area contributed by atoms with E-state index >= 15 is 0 Å². The summed E-state index contributed by atoms with van der Waals surface area (Å²) in [5, 5.41) is 0. The van der Waals surface area contributed by atoms with Gasteiger partial charge in [0.15, 0.2) is 6.61 Å². The number of amides is 1. The molecule has 10 heteroatoms. The summed E-state index contributed by atoms with van der Waals surface area (Å²) >= 11 is 0. The largest absolute Gasteiger partial charge is 0.452 e. The summed E-state index contributed by atoms with van der Waals surface area (Å²) in [6, 6.07) is 4.08. The highest BCUT2D eigenvalue weighted by atomic mass is 19.4. The zero-order valence-corrected chi connectivity index (χ0v) is 16.2. The minimum absolute atomic E-state index is 0.0819. The van der Waals surface area contributed by atoms with E-state index in [0.29, 0.717) is 19.4 Å². The zero-order chi connectivity index (χ0) is 21.8. The van der Waals surface area contributed by atoms with Crippen LogP contribution in [0.3, 0.4) is 0 Å². The molecule has 7 nitrogen and oxygen atoms in total. The molecule has 0 spiro atoms. The Hall–Kier alpha value is -2.78. The van der Waals surface area contributed by atoms with E-state index < -0.39 is 42.5 Å². The first-order valence-corrected chi connectivity index (χ1v) is 8.91. The van der Waals surface area contributed by atoms with Gasteiger partial charge in [0, 0.05) is 6.54 Å². The molecule has 29 heavy (non-hydrogen) atoms. The number of benzene rings is 1. The third-order valence-corrected chi connectivity index (χ3v) is 3.83. The van der Waals surface area contributed by atoms with Crippen LogP contribution >= 0.6 is 0 Å². The van der Waals surface area contributed by atoms with Crippen molar-refractivity contribution in [2.24, 2.45) is 0 Å². The predicted octanol–water partition coefficient (Wildman–Crippen LogP) is 3.71. The Balaban J connectivity index is 1.96. The number of rotatable bonds is 4. The van der Waals surface area contributed by atoms with Gasteiger partial charge in [-0.25, -0.2) is 14.4 Å². The smallest absolute Gasteiger partial charge is 0.422 e.